The molecule has 0 unspecified atom stereocenters. The van der Waals surface area contributed by atoms with Gasteiger partial charge in [-0.25, -0.2) is 0 Å². The lowest BCUT2D eigenvalue weighted by molar-refractivity contribution is -0.213. The first-order chi connectivity index (χ1) is 9.74. The van der Waals surface area contributed by atoms with Crippen LogP contribution in [0.15, 0.2) is 16.8 Å². The Hall–Kier alpha value is -0.460. The summed E-state index contributed by atoms with van der Waals surface area (Å²) in [7, 11) is 0. The SMILES string of the molecule is OCCO[C@H]1C[C@@H](O)C12CCN(Cc1ccsc1)CC2. The fraction of sp³-hybridized carbons (Fsp3) is 0.733. The zero-order valence-corrected chi connectivity index (χ0v) is 12.5. The summed E-state index contributed by atoms with van der Waals surface area (Å²) in [5.41, 5.74) is 1.33. The van der Waals surface area contributed by atoms with E-state index in [-0.39, 0.29) is 24.2 Å². The number of rotatable bonds is 5. The molecule has 1 aromatic rings. The lowest BCUT2D eigenvalue weighted by Gasteiger charge is -2.56. The summed E-state index contributed by atoms with van der Waals surface area (Å²) in [6, 6.07) is 2.18. The molecule has 0 radical (unpaired) electrons. The average Bonchev–Trinajstić information content (AvgIpc) is 2.97. The van der Waals surface area contributed by atoms with Crippen molar-refractivity contribution in [2.45, 2.75) is 38.0 Å². The largest absolute Gasteiger partial charge is 0.394 e. The van der Waals surface area contributed by atoms with Crippen LogP contribution in [-0.4, -0.2) is 53.6 Å². The minimum atomic E-state index is -0.227. The molecule has 1 saturated heterocycles. The van der Waals surface area contributed by atoms with Gasteiger partial charge in [0, 0.05) is 18.4 Å². The highest BCUT2D eigenvalue weighted by Gasteiger charge is 2.55. The van der Waals surface area contributed by atoms with E-state index in [2.05, 4.69) is 21.7 Å². The van der Waals surface area contributed by atoms with Gasteiger partial charge in [-0.1, -0.05) is 0 Å². The second-order valence-electron chi connectivity index (χ2n) is 5.98. The predicted octanol–water partition coefficient (Wildman–Crippen LogP) is 1.47. The van der Waals surface area contributed by atoms with Gasteiger partial charge in [-0.05, 0) is 48.3 Å². The molecular formula is C15H23NO3S. The lowest BCUT2D eigenvalue weighted by atomic mass is 9.58. The van der Waals surface area contributed by atoms with E-state index in [0.717, 1.165) is 38.9 Å². The van der Waals surface area contributed by atoms with Crippen molar-refractivity contribution < 1.29 is 14.9 Å². The topological polar surface area (TPSA) is 52.9 Å². The van der Waals surface area contributed by atoms with Crippen molar-refractivity contribution in [2.75, 3.05) is 26.3 Å². The van der Waals surface area contributed by atoms with Gasteiger partial charge in [0.05, 0.1) is 25.4 Å². The van der Waals surface area contributed by atoms with Gasteiger partial charge in [0.25, 0.3) is 0 Å². The van der Waals surface area contributed by atoms with E-state index in [9.17, 15) is 5.11 Å². The number of likely N-dealkylation sites (tertiary alicyclic amines) is 1. The highest BCUT2D eigenvalue weighted by Crippen LogP contribution is 2.51. The first-order valence-electron chi connectivity index (χ1n) is 7.38. The van der Waals surface area contributed by atoms with Crippen molar-refractivity contribution in [3.63, 3.8) is 0 Å². The van der Waals surface area contributed by atoms with Crippen molar-refractivity contribution in [1.29, 1.82) is 0 Å². The Balaban J connectivity index is 1.54. The maximum absolute atomic E-state index is 10.2. The molecule has 0 amide bonds. The Morgan fingerprint density at radius 1 is 1.40 bits per heavy atom. The zero-order chi connectivity index (χ0) is 14.0. The van der Waals surface area contributed by atoms with Crippen LogP contribution in [0.25, 0.3) is 0 Å². The number of ether oxygens (including phenoxy) is 1. The molecule has 1 aliphatic heterocycles. The van der Waals surface area contributed by atoms with Crippen molar-refractivity contribution in [2.24, 2.45) is 5.41 Å². The molecule has 1 saturated carbocycles. The summed E-state index contributed by atoms with van der Waals surface area (Å²) in [4.78, 5) is 2.46. The molecule has 2 atom stereocenters. The van der Waals surface area contributed by atoms with E-state index in [0.29, 0.717) is 6.61 Å². The maximum Gasteiger partial charge on any atom is 0.0701 e. The fourth-order valence-electron chi connectivity index (χ4n) is 3.58. The summed E-state index contributed by atoms with van der Waals surface area (Å²) in [6.07, 6.45) is 2.62. The third-order valence-electron chi connectivity index (χ3n) is 4.93. The number of hydrogen-bond acceptors (Lipinski definition) is 5. The van der Waals surface area contributed by atoms with Crippen LogP contribution in [0, 0.1) is 5.41 Å². The lowest BCUT2D eigenvalue weighted by Crippen LogP contribution is -2.62. The number of thiophene rings is 1. The van der Waals surface area contributed by atoms with Gasteiger partial charge < -0.3 is 14.9 Å². The van der Waals surface area contributed by atoms with Crippen LogP contribution in [0.3, 0.4) is 0 Å². The van der Waals surface area contributed by atoms with Gasteiger partial charge in [0.15, 0.2) is 0 Å². The van der Waals surface area contributed by atoms with E-state index in [1.54, 1.807) is 11.3 Å². The number of aliphatic hydroxyl groups excluding tert-OH is 2. The Kier molecular flexibility index (Phi) is 4.43. The van der Waals surface area contributed by atoms with E-state index < -0.39 is 0 Å². The van der Waals surface area contributed by atoms with Crippen LogP contribution in [-0.2, 0) is 11.3 Å². The summed E-state index contributed by atoms with van der Waals surface area (Å²) in [5.74, 6) is 0. The van der Waals surface area contributed by atoms with Gasteiger partial charge in [0.2, 0.25) is 0 Å². The molecule has 1 spiro atoms. The first kappa shape index (κ1) is 14.5. The number of nitrogens with zero attached hydrogens (tertiary/aromatic N) is 1. The number of piperidine rings is 1. The van der Waals surface area contributed by atoms with Gasteiger partial charge in [-0.15, -0.1) is 0 Å². The molecule has 4 nitrogen and oxygen atoms in total. The summed E-state index contributed by atoms with van der Waals surface area (Å²) >= 11 is 1.74. The molecule has 3 rings (SSSR count). The van der Waals surface area contributed by atoms with E-state index in [4.69, 9.17) is 9.84 Å². The third-order valence-corrected chi connectivity index (χ3v) is 5.66. The van der Waals surface area contributed by atoms with Gasteiger partial charge in [0.1, 0.15) is 0 Å². The number of aliphatic hydroxyl groups is 2. The normalized spacial score (nSPS) is 29.5. The summed E-state index contributed by atoms with van der Waals surface area (Å²) < 4.78 is 5.71. The molecule has 0 bridgehead atoms. The highest BCUT2D eigenvalue weighted by molar-refractivity contribution is 7.07. The summed E-state index contributed by atoms with van der Waals surface area (Å²) in [5, 5.41) is 23.4. The van der Waals surface area contributed by atoms with Crippen molar-refractivity contribution >= 4 is 11.3 Å². The number of hydrogen-bond donors (Lipinski definition) is 2. The smallest absolute Gasteiger partial charge is 0.0701 e. The van der Waals surface area contributed by atoms with E-state index in [1.807, 2.05) is 0 Å². The van der Waals surface area contributed by atoms with Crippen LogP contribution in [0.5, 0.6) is 0 Å². The molecule has 2 heterocycles. The predicted molar refractivity (Wildman–Crippen MR) is 78.7 cm³/mol. The van der Waals surface area contributed by atoms with E-state index >= 15 is 0 Å². The second-order valence-corrected chi connectivity index (χ2v) is 6.76. The molecular weight excluding hydrogens is 274 g/mol. The molecule has 112 valence electrons. The molecule has 2 N–H and O–H groups in total. The van der Waals surface area contributed by atoms with Crippen LogP contribution in [0.1, 0.15) is 24.8 Å². The van der Waals surface area contributed by atoms with Crippen LogP contribution in [0.4, 0.5) is 0 Å². The minimum absolute atomic E-state index is 0.0552. The Bertz CT molecular complexity index is 415. The maximum atomic E-state index is 10.2. The second kappa shape index (κ2) is 6.12. The zero-order valence-electron chi connectivity index (χ0n) is 11.7. The minimum Gasteiger partial charge on any atom is -0.394 e. The average molecular weight is 297 g/mol. The standard InChI is InChI=1S/C15H23NO3S/c17-6-7-19-14-9-13(18)15(14)2-4-16(5-3-15)10-12-1-8-20-11-12/h1,8,11,13-14,17-18H,2-7,9-10H2/t13-,14+/m1/s1. The fourth-order valence-corrected chi connectivity index (χ4v) is 4.24. The monoisotopic (exact) mass is 297 g/mol. The highest BCUT2D eigenvalue weighted by atomic mass is 32.1. The first-order valence-corrected chi connectivity index (χ1v) is 8.33. The quantitative estimate of drug-likeness (QED) is 0.864. The van der Waals surface area contributed by atoms with Gasteiger partial charge in [-0.3, -0.25) is 4.90 Å². The van der Waals surface area contributed by atoms with Crippen molar-refractivity contribution in [1.82, 2.24) is 4.90 Å². The molecule has 2 fully saturated rings. The van der Waals surface area contributed by atoms with Gasteiger partial charge >= 0.3 is 0 Å². The van der Waals surface area contributed by atoms with E-state index in [1.165, 1.54) is 5.56 Å². The Labute approximate surface area is 124 Å². The Morgan fingerprint density at radius 2 is 2.20 bits per heavy atom. The van der Waals surface area contributed by atoms with Crippen molar-refractivity contribution in [3.8, 4) is 0 Å². The van der Waals surface area contributed by atoms with Crippen LogP contribution < -0.4 is 0 Å². The van der Waals surface area contributed by atoms with Crippen molar-refractivity contribution in [3.05, 3.63) is 22.4 Å². The Morgan fingerprint density at radius 3 is 2.80 bits per heavy atom. The molecule has 2 aliphatic rings. The molecule has 1 aliphatic carbocycles. The summed E-state index contributed by atoms with van der Waals surface area (Å²) in [6.45, 7) is 3.50. The molecule has 5 heteroatoms. The van der Waals surface area contributed by atoms with Crippen LogP contribution in [0.2, 0.25) is 0 Å². The van der Waals surface area contributed by atoms with Crippen LogP contribution >= 0.6 is 11.3 Å². The van der Waals surface area contributed by atoms with Gasteiger partial charge in [-0.2, -0.15) is 11.3 Å². The molecule has 0 aromatic carbocycles. The molecule has 1 aromatic heterocycles. The third kappa shape index (κ3) is 2.65. The molecule has 20 heavy (non-hydrogen) atoms.